The van der Waals surface area contributed by atoms with Crippen molar-refractivity contribution in [3.63, 3.8) is 0 Å². The van der Waals surface area contributed by atoms with Crippen molar-refractivity contribution < 1.29 is 13.9 Å². The zero-order valence-corrected chi connectivity index (χ0v) is 16.0. The largest absolute Gasteiger partial charge is 0.494 e. The molecule has 0 bridgehead atoms. The average molecular weight is 370 g/mol. The Hall–Kier alpha value is -2.40. The lowest BCUT2D eigenvalue weighted by atomic mass is 10.0. The fourth-order valence-electron chi connectivity index (χ4n) is 3.65. The van der Waals surface area contributed by atoms with Gasteiger partial charge in [-0.3, -0.25) is 9.69 Å². The summed E-state index contributed by atoms with van der Waals surface area (Å²) in [5.74, 6) is 0.592. The second-order valence-electron chi connectivity index (χ2n) is 6.97. The standard InChI is InChI=1S/C22H27FN2O2/c1-3-27-20-12-8-18(9-13-20)21-5-4-14-25(21)15-22(26)24-16(2)17-6-10-19(23)11-7-17/h6-13,16,21H,3-5,14-15H2,1-2H3,(H,24,26)/t16-,21-/m0/s1. The highest BCUT2D eigenvalue weighted by Gasteiger charge is 2.27. The first-order valence-electron chi connectivity index (χ1n) is 9.58. The van der Waals surface area contributed by atoms with Crippen LogP contribution < -0.4 is 10.1 Å². The Kier molecular flexibility index (Phi) is 6.45. The van der Waals surface area contributed by atoms with Crippen LogP contribution in [0, 0.1) is 5.82 Å². The summed E-state index contributed by atoms with van der Waals surface area (Å²) in [7, 11) is 0. The molecule has 4 nitrogen and oxygen atoms in total. The topological polar surface area (TPSA) is 41.6 Å². The Morgan fingerprint density at radius 1 is 1.22 bits per heavy atom. The molecule has 2 aromatic rings. The zero-order valence-electron chi connectivity index (χ0n) is 16.0. The Morgan fingerprint density at radius 2 is 1.93 bits per heavy atom. The second-order valence-corrected chi connectivity index (χ2v) is 6.97. The average Bonchev–Trinajstić information content (AvgIpc) is 3.11. The number of benzene rings is 2. The molecule has 0 aliphatic carbocycles. The van der Waals surface area contributed by atoms with E-state index in [4.69, 9.17) is 4.74 Å². The lowest BCUT2D eigenvalue weighted by molar-refractivity contribution is -0.123. The van der Waals surface area contributed by atoms with E-state index < -0.39 is 0 Å². The highest BCUT2D eigenvalue weighted by atomic mass is 19.1. The van der Waals surface area contributed by atoms with E-state index in [0.29, 0.717) is 13.2 Å². The van der Waals surface area contributed by atoms with Crippen LogP contribution in [-0.4, -0.2) is 30.5 Å². The van der Waals surface area contributed by atoms with Gasteiger partial charge in [0.05, 0.1) is 19.2 Å². The molecule has 0 unspecified atom stereocenters. The SMILES string of the molecule is CCOc1ccc([C@@H]2CCCN2CC(=O)N[C@@H](C)c2ccc(F)cc2)cc1. The van der Waals surface area contributed by atoms with E-state index in [1.54, 1.807) is 12.1 Å². The molecule has 0 spiro atoms. The lowest BCUT2D eigenvalue weighted by Gasteiger charge is -2.25. The van der Waals surface area contributed by atoms with E-state index in [1.807, 2.05) is 26.0 Å². The van der Waals surface area contributed by atoms with E-state index >= 15 is 0 Å². The van der Waals surface area contributed by atoms with Crippen LogP contribution in [-0.2, 0) is 4.79 Å². The molecular weight excluding hydrogens is 343 g/mol. The number of nitrogens with one attached hydrogen (secondary N) is 1. The molecule has 2 atom stereocenters. The van der Waals surface area contributed by atoms with Crippen LogP contribution in [0.1, 0.15) is 49.9 Å². The minimum Gasteiger partial charge on any atom is -0.494 e. The lowest BCUT2D eigenvalue weighted by Crippen LogP contribution is -2.38. The summed E-state index contributed by atoms with van der Waals surface area (Å²) in [6.07, 6.45) is 2.13. The number of hydrogen-bond acceptors (Lipinski definition) is 3. The Balaban J connectivity index is 1.58. The quantitative estimate of drug-likeness (QED) is 0.793. The molecule has 3 rings (SSSR count). The number of carbonyl (C=O) groups is 1. The van der Waals surface area contributed by atoms with Crippen molar-refractivity contribution in [3.8, 4) is 5.75 Å². The first-order valence-corrected chi connectivity index (χ1v) is 9.58. The number of hydrogen-bond donors (Lipinski definition) is 1. The minimum atomic E-state index is -0.271. The molecule has 1 saturated heterocycles. The van der Waals surface area contributed by atoms with Crippen LogP contribution in [0.2, 0.25) is 0 Å². The molecule has 0 saturated carbocycles. The molecule has 0 aromatic heterocycles. The fourth-order valence-corrected chi connectivity index (χ4v) is 3.65. The maximum atomic E-state index is 13.1. The Morgan fingerprint density at radius 3 is 2.59 bits per heavy atom. The molecule has 1 amide bonds. The smallest absolute Gasteiger partial charge is 0.234 e. The molecule has 1 fully saturated rings. The summed E-state index contributed by atoms with van der Waals surface area (Å²) < 4.78 is 18.6. The highest BCUT2D eigenvalue weighted by Crippen LogP contribution is 2.32. The molecular formula is C22H27FN2O2. The molecule has 144 valence electrons. The molecule has 1 N–H and O–H groups in total. The van der Waals surface area contributed by atoms with Gasteiger partial charge in [-0.05, 0) is 68.6 Å². The van der Waals surface area contributed by atoms with E-state index in [0.717, 1.165) is 30.7 Å². The minimum absolute atomic E-state index is 0.00957. The third kappa shape index (κ3) is 5.07. The van der Waals surface area contributed by atoms with Gasteiger partial charge in [-0.25, -0.2) is 4.39 Å². The molecule has 1 aliphatic rings. The van der Waals surface area contributed by atoms with Crippen LogP contribution in [0.25, 0.3) is 0 Å². The van der Waals surface area contributed by atoms with Crippen LogP contribution in [0.3, 0.4) is 0 Å². The van der Waals surface area contributed by atoms with Crippen molar-refractivity contribution >= 4 is 5.91 Å². The van der Waals surface area contributed by atoms with Crippen LogP contribution in [0.5, 0.6) is 5.75 Å². The summed E-state index contributed by atoms with van der Waals surface area (Å²) in [4.78, 5) is 14.7. The van der Waals surface area contributed by atoms with Gasteiger partial charge in [-0.1, -0.05) is 24.3 Å². The van der Waals surface area contributed by atoms with Crippen molar-refractivity contribution in [3.05, 3.63) is 65.5 Å². The maximum Gasteiger partial charge on any atom is 0.234 e. The van der Waals surface area contributed by atoms with Gasteiger partial charge in [0.1, 0.15) is 11.6 Å². The van der Waals surface area contributed by atoms with Crippen molar-refractivity contribution in [2.24, 2.45) is 0 Å². The number of halogens is 1. The third-order valence-corrected chi connectivity index (χ3v) is 5.03. The van der Waals surface area contributed by atoms with Gasteiger partial charge < -0.3 is 10.1 Å². The molecule has 5 heteroatoms. The maximum absolute atomic E-state index is 13.1. The zero-order chi connectivity index (χ0) is 19.2. The number of ether oxygens (including phenoxy) is 1. The van der Waals surface area contributed by atoms with Crippen LogP contribution in [0.15, 0.2) is 48.5 Å². The van der Waals surface area contributed by atoms with Gasteiger partial charge in [0.2, 0.25) is 5.91 Å². The van der Waals surface area contributed by atoms with Crippen molar-refractivity contribution in [1.82, 2.24) is 10.2 Å². The summed E-state index contributed by atoms with van der Waals surface area (Å²) in [5.41, 5.74) is 2.12. The van der Waals surface area contributed by atoms with E-state index in [-0.39, 0.29) is 23.8 Å². The molecule has 2 aromatic carbocycles. The first-order chi connectivity index (χ1) is 13.1. The van der Waals surface area contributed by atoms with Gasteiger partial charge in [0.15, 0.2) is 0 Å². The summed E-state index contributed by atoms with van der Waals surface area (Å²) in [5, 5.41) is 3.02. The fraction of sp³-hybridized carbons (Fsp3) is 0.409. The Bertz CT molecular complexity index is 746. The number of carbonyl (C=O) groups excluding carboxylic acids is 1. The summed E-state index contributed by atoms with van der Waals surface area (Å²) in [6.45, 7) is 5.82. The number of amides is 1. The highest BCUT2D eigenvalue weighted by molar-refractivity contribution is 5.78. The summed E-state index contributed by atoms with van der Waals surface area (Å²) in [6, 6.07) is 14.5. The van der Waals surface area contributed by atoms with E-state index in [2.05, 4.69) is 22.3 Å². The summed E-state index contributed by atoms with van der Waals surface area (Å²) >= 11 is 0. The van der Waals surface area contributed by atoms with Gasteiger partial charge in [0.25, 0.3) is 0 Å². The molecule has 1 aliphatic heterocycles. The van der Waals surface area contributed by atoms with E-state index in [9.17, 15) is 9.18 Å². The van der Waals surface area contributed by atoms with E-state index in [1.165, 1.54) is 17.7 Å². The molecule has 0 radical (unpaired) electrons. The van der Waals surface area contributed by atoms with Gasteiger partial charge >= 0.3 is 0 Å². The monoisotopic (exact) mass is 370 g/mol. The first kappa shape index (κ1) is 19.4. The molecule has 1 heterocycles. The number of rotatable bonds is 7. The number of nitrogens with zero attached hydrogens (tertiary/aromatic N) is 1. The molecule has 27 heavy (non-hydrogen) atoms. The van der Waals surface area contributed by atoms with Crippen molar-refractivity contribution in [1.29, 1.82) is 0 Å². The van der Waals surface area contributed by atoms with Crippen molar-refractivity contribution in [2.75, 3.05) is 19.7 Å². The van der Waals surface area contributed by atoms with Crippen LogP contribution in [0.4, 0.5) is 4.39 Å². The number of likely N-dealkylation sites (tertiary alicyclic amines) is 1. The normalized spacial score (nSPS) is 18.3. The van der Waals surface area contributed by atoms with Gasteiger partial charge in [-0.15, -0.1) is 0 Å². The predicted molar refractivity (Wildman–Crippen MR) is 104 cm³/mol. The van der Waals surface area contributed by atoms with Gasteiger partial charge in [0, 0.05) is 6.04 Å². The van der Waals surface area contributed by atoms with Crippen LogP contribution >= 0.6 is 0 Å². The third-order valence-electron chi connectivity index (χ3n) is 5.03. The van der Waals surface area contributed by atoms with Crippen molar-refractivity contribution in [2.45, 2.75) is 38.8 Å². The Labute approximate surface area is 160 Å². The van der Waals surface area contributed by atoms with Gasteiger partial charge in [-0.2, -0.15) is 0 Å². The predicted octanol–water partition coefficient (Wildman–Crippen LogP) is 4.24. The second kappa shape index (κ2) is 9.00.